The first-order chi connectivity index (χ1) is 14.0. The summed E-state index contributed by atoms with van der Waals surface area (Å²) < 4.78 is 5.03. The SMILES string of the molecule is CCN1CCN(c2ccc(NC(=O)COC(=O)c3cc(Cl)ccc3Cl)cc2)CC1. The molecule has 8 heteroatoms. The molecule has 1 aliphatic heterocycles. The fourth-order valence-electron chi connectivity index (χ4n) is 3.14. The van der Waals surface area contributed by atoms with Crippen LogP contribution in [0.15, 0.2) is 42.5 Å². The van der Waals surface area contributed by atoms with Crippen LogP contribution in [0.4, 0.5) is 11.4 Å². The van der Waals surface area contributed by atoms with E-state index in [1.54, 1.807) is 6.07 Å². The summed E-state index contributed by atoms with van der Waals surface area (Å²) in [4.78, 5) is 28.9. The van der Waals surface area contributed by atoms with Gasteiger partial charge >= 0.3 is 5.97 Å². The van der Waals surface area contributed by atoms with Crippen LogP contribution in [0.5, 0.6) is 0 Å². The average Bonchev–Trinajstić information content (AvgIpc) is 2.74. The zero-order chi connectivity index (χ0) is 20.8. The maximum absolute atomic E-state index is 12.1. The fraction of sp³-hybridized carbons (Fsp3) is 0.333. The highest BCUT2D eigenvalue weighted by molar-refractivity contribution is 6.35. The Morgan fingerprint density at radius 1 is 1.03 bits per heavy atom. The summed E-state index contributed by atoms with van der Waals surface area (Å²) in [5.41, 5.74) is 1.89. The van der Waals surface area contributed by atoms with Crippen molar-refractivity contribution >= 4 is 46.5 Å². The Balaban J connectivity index is 1.49. The second-order valence-corrected chi connectivity index (χ2v) is 7.56. The van der Waals surface area contributed by atoms with E-state index in [4.69, 9.17) is 27.9 Å². The van der Waals surface area contributed by atoms with Crippen LogP contribution in [0.3, 0.4) is 0 Å². The Labute approximate surface area is 180 Å². The highest BCUT2D eigenvalue weighted by Crippen LogP contribution is 2.22. The number of piperazine rings is 1. The lowest BCUT2D eigenvalue weighted by atomic mass is 10.2. The lowest BCUT2D eigenvalue weighted by Gasteiger charge is -2.35. The zero-order valence-corrected chi connectivity index (χ0v) is 17.7. The predicted molar refractivity (Wildman–Crippen MR) is 116 cm³/mol. The minimum absolute atomic E-state index is 0.125. The summed E-state index contributed by atoms with van der Waals surface area (Å²) >= 11 is 11.8. The Kier molecular flexibility index (Phi) is 7.36. The third kappa shape index (κ3) is 5.85. The molecule has 154 valence electrons. The Bertz CT molecular complexity index is 866. The molecule has 0 bridgehead atoms. The number of rotatable bonds is 6. The van der Waals surface area contributed by atoms with E-state index in [9.17, 15) is 9.59 Å². The number of amides is 1. The van der Waals surface area contributed by atoms with Gasteiger partial charge in [0, 0.05) is 42.6 Å². The number of carbonyl (C=O) groups is 2. The van der Waals surface area contributed by atoms with E-state index < -0.39 is 18.5 Å². The quantitative estimate of drug-likeness (QED) is 0.696. The molecule has 0 unspecified atom stereocenters. The lowest BCUT2D eigenvalue weighted by Crippen LogP contribution is -2.46. The number of nitrogens with zero attached hydrogens (tertiary/aromatic N) is 2. The fourth-order valence-corrected chi connectivity index (χ4v) is 3.50. The molecule has 1 fully saturated rings. The second-order valence-electron chi connectivity index (χ2n) is 6.72. The summed E-state index contributed by atoms with van der Waals surface area (Å²) in [6.07, 6.45) is 0. The summed E-state index contributed by atoms with van der Waals surface area (Å²) in [7, 11) is 0. The smallest absolute Gasteiger partial charge is 0.340 e. The summed E-state index contributed by atoms with van der Waals surface area (Å²) in [5, 5.41) is 3.30. The van der Waals surface area contributed by atoms with Gasteiger partial charge in [-0.25, -0.2) is 4.79 Å². The highest BCUT2D eigenvalue weighted by Gasteiger charge is 2.17. The molecule has 6 nitrogen and oxygen atoms in total. The molecule has 1 amide bonds. The van der Waals surface area contributed by atoms with Crippen molar-refractivity contribution in [3.8, 4) is 0 Å². The molecule has 1 N–H and O–H groups in total. The number of esters is 1. The standard InChI is InChI=1S/C21H23Cl2N3O3/c1-2-25-9-11-26(12-10-25)17-6-4-16(5-7-17)24-20(27)14-29-21(28)18-13-15(22)3-8-19(18)23/h3-8,13H,2,9-12,14H2,1H3,(H,24,27). The maximum Gasteiger partial charge on any atom is 0.340 e. The minimum atomic E-state index is -0.700. The molecule has 2 aromatic carbocycles. The zero-order valence-electron chi connectivity index (χ0n) is 16.2. The largest absolute Gasteiger partial charge is 0.452 e. The van der Waals surface area contributed by atoms with Crippen LogP contribution in [-0.4, -0.2) is 56.1 Å². The molecular formula is C21H23Cl2N3O3. The van der Waals surface area contributed by atoms with Gasteiger partial charge in [0.05, 0.1) is 10.6 Å². The first kappa shape index (κ1) is 21.4. The van der Waals surface area contributed by atoms with Gasteiger partial charge in [-0.3, -0.25) is 4.79 Å². The summed E-state index contributed by atoms with van der Waals surface area (Å²) in [6, 6.07) is 12.1. The van der Waals surface area contributed by atoms with Crippen molar-refractivity contribution < 1.29 is 14.3 Å². The van der Waals surface area contributed by atoms with Crippen molar-refractivity contribution in [2.75, 3.05) is 49.5 Å². The first-order valence-corrected chi connectivity index (χ1v) is 10.2. The Morgan fingerprint density at radius 3 is 2.38 bits per heavy atom. The van der Waals surface area contributed by atoms with E-state index in [0.29, 0.717) is 10.7 Å². The van der Waals surface area contributed by atoms with E-state index in [-0.39, 0.29) is 10.6 Å². The van der Waals surface area contributed by atoms with Gasteiger partial charge in [-0.05, 0) is 49.0 Å². The molecule has 1 heterocycles. The number of hydrogen-bond donors (Lipinski definition) is 1. The maximum atomic E-state index is 12.1. The van der Waals surface area contributed by atoms with Gasteiger partial charge in [0.1, 0.15) is 0 Å². The number of halogens is 2. The van der Waals surface area contributed by atoms with E-state index in [1.165, 1.54) is 12.1 Å². The lowest BCUT2D eigenvalue weighted by molar-refractivity contribution is -0.119. The van der Waals surface area contributed by atoms with E-state index >= 15 is 0 Å². The van der Waals surface area contributed by atoms with Gasteiger partial charge in [-0.1, -0.05) is 30.1 Å². The predicted octanol–water partition coefficient (Wildman–Crippen LogP) is 3.93. The van der Waals surface area contributed by atoms with Gasteiger partial charge in [0.15, 0.2) is 6.61 Å². The molecule has 0 atom stereocenters. The van der Waals surface area contributed by atoms with E-state index in [2.05, 4.69) is 22.0 Å². The van der Waals surface area contributed by atoms with Crippen LogP contribution in [0.25, 0.3) is 0 Å². The topological polar surface area (TPSA) is 61.9 Å². The highest BCUT2D eigenvalue weighted by atomic mass is 35.5. The van der Waals surface area contributed by atoms with Crippen molar-refractivity contribution in [2.24, 2.45) is 0 Å². The molecule has 0 saturated carbocycles. The molecule has 1 aliphatic rings. The van der Waals surface area contributed by atoms with E-state index in [0.717, 1.165) is 38.4 Å². The van der Waals surface area contributed by atoms with Crippen molar-refractivity contribution in [1.82, 2.24) is 4.90 Å². The van der Waals surface area contributed by atoms with Crippen LogP contribution < -0.4 is 10.2 Å². The van der Waals surface area contributed by atoms with Crippen LogP contribution >= 0.6 is 23.2 Å². The van der Waals surface area contributed by atoms with Crippen molar-refractivity contribution in [3.63, 3.8) is 0 Å². The molecule has 29 heavy (non-hydrogen) atoms. The number of likely N-dealkylation sites (N-methyl/N-ethyl adjacent to an activating group) is 1. The Hall–Kier alpha value is -2.28. The van der Waals surface area contributed by atoms with Gasteiger partial charge in [0.2, 0.25) is 0 Å². The van der Waals surface area contributed by atoms with Crippen LogP contribution in [-0.2, 0) is 9.53 Å². The van der Waals surface area contributed by atoms with Crippen molar-refractivity contribution in [1.29, 1.82) is 0 Å². The number of hydrogen-bond acceptors (Lipinski definition) is 5. The summed E-state index contributed by atoms with van der Waals surface area (Å²) in [6.45, 7) is 6.92. The van der Waals surface area contributed by atoms with Crippen molar-refractivity contribution in [2.45, 2.75) is 6.92 Å². The van der Waals surface area contributed by atoms with Gasteiger partial charge in [-0.15, -0.1) is 0 Å². The third-order valence-corrected chi connectivity index (χ3v) is 5.38. The molecule has 0 aliphatic carbocycles. The molecule has 3 rings (SSSR count). The number of carbonyl (C=O) groups excluding carboxylic acids is 2. The van der Waals surface area contributed by atoms with Gasteiger partial charge < -0.3 is 19.9 Å². The van der Waals surface area contributed by atoms with Gasteiger partial charge in [0.25, 0.3) is 5.91 Å². The molecule has 0 aromatic heterocycles. The normalized spacial score (nSPS) is 14.5. The van der Waals surface area contributed by atoms with E-state index in [1.807, 2.05) is 24.3 Å². The molecule has 1 saturated heterocycles. The minimum Gasteiger partial charge on any atom is -0.452 e. The number of ether oxygens (including phenoxy) is 1. The van der Waals surface area contributed by atoms with Gasteiger partial charge in [-0.2, -0.15) is 0 Å². The number of benzene rings is 2. The molecular weight excluding hydrogens is 413 g/mol. The second kappa shape index (κ2) is 9.96. The first-order valence-electron chi connectivity index (χ1n) is 9.45. The molecule has 0 radical (unpaired) electrons. The third-order valence-electron chi connectivity index (χ3n) is 4.82. The van der Waals surface area contributed by atoms with Crippen LogP contribution in [0.1, 0.15) is 17.3 Å². The van der Waals surface area contributed by atoms with Crippen LogP contribution in [0, 0.1) is 0 Å². The number of anilines is 2. The average molecular weight is 436 g/mol. The monoisotopic (exact) mass is 435 g/mol. The molecule has 2 aromatic rings. The summed E-state index contributed by atoms with van der Waals surface area (Å²) in [5.74, 6) is -1.13. The number of nitrogens with one attached hydrogen (secondary N) is 1. The molecule has 0 spiro atoms. The Morgan fingerprint density at radius 2 is 1.72 bits per heavy atom. The van der Waals surface area contributed by atoms with Crippen LogP contribution in [0.2, 0.25) is 10.0 Å². The van der Waals surface area contributed by atoms with Crippen molar-refractivity contribution in [3.05, 3.63) is 58.1 Å².